The summed E-state index contributed by atoms with van der Waals surface area (Å²) in [5.41, 5.74) is -0.0536. The fourth-order valence-electron chi connectivity index (χ4n) is 2.25. The van der Waals surface area contributed by atoms with Gasteiger partial charge in [-0.3, -0.25) is 0 Å². The van der Waals surface area contributed by atoms with Crippen LogP contribution in [0.25, 0.3) is 0 Å². The molecule has 1 aromatic heterocycles. The number of nitrogens with one attached hydrogen (secondary N) is 2. The molecule has 2 aromatic rings. The van der Waals surface area contributed by atoms with Crippen LogP contribution < -0.4 is 10.6 Å². The van der Waals surface area contributed by atoms with Crippen LogP contribution in [0.5, 0.6) is 0 Å². The van der Waals surface area contributed by atoms with E-state index in [1.807, 2.05) is 6.92 Å². The minimum absolute atomic E-state index is 0. The molecule has 0 aliphatic rings. The number of halogens is 4. The van der Waals surface area contributed by atoms with E-state index in [1.165, 1.54) is 37.6 Å². The number of rotatable bonds is 7. The maximum atomic E-state index is 12.6. The highest BCUT2D eigenvalue weighted by molar-refractivity contribution is 14.0. The third kappa shape index (κ3) is 7.39. The molecular weight excluding hydrogens is 552 g/mol. The van der Waals surface area contributed by atoms with E-state index in [9.17, 15) is 21.6 Å². The zero-order valence-corrected chi connectivity index (χ0v) is 20.6. The Morgan fingerprint density at radius 2 is 1.73 bits per heavy atom. The number of alkyl halides is 3. The Balaban J connectivity index is 0.00000450. The summed E-state index contributed by atoms with van der Waals surface area (Å²) in [6.45, 7) is 3.07. The van der Waals surface area contributed by atoms with Gasteiger partial charge in [-0.05, 0) is 36.8 Å². The van der Waals surface area contributed by atoms with E-state index in [1.54, 1.807) is 12.1 Å². The maximum Gasteiger partial charge on any atom is 0.416 e. The predicted molar refractivity (Wildman–Crippen MR) is 124 cm³/mol. The van der Waals surface area contributed by atoms with Crippen LogP contribution in [0.15, 0.2) is 45.6 Å². The van der Waals surface area contributed by atoms with E-state index in [-0.39, 0.29) is 34.7 Å². The van der Waals surface area contributed by atoms with Gasteiger partial charge in [0.1, 0.15) is 4.21 Å². The van der Waals surface area contributed by atoms with E-state index >= 15 is 0 Å². The molecule has 1 aromatic carbocycles. The van der Waals surface area contributed by atoms with Crippen molar-refractivity contribution in [1.29, 1.82) is 0 Å². The Bertz CT molecular complexity index is 943. The zero-order chi connectivity index (χ0) is 21.7. The van der Waals surface area contributed by atoms with Crippen molar-refractivity contribution in [3.05, 3.63) is 52.4 Å². The van der Waals surface area contributed by atoms with Crippen molar-refractivity contribution in [3.63, 3.8) is 0 Å². The summed E-state index contributed by atoms with van der Waals surface area (Å²) in [4.78, 5) is 5.18. The molecule has 0 spiro atoms. The molecule has 0 atom stereocenters. The molecule has 2 N–H and O–H groups in total. The summed E-state index contributed by atoms with van der Waals surface area (Å²) in [6, 6.07) is 8.14. The van der Waals surface area contributed by atoms with Gasteiger partial charge >= 0.3 is 6.18 Å². The molecule has 12 heteroatoms. The van der Waals surface area contributed by atoms with Gasteiger partial charge in [-0.15, -0.1) is 35.3 Å². The zero-order valence-electron chi connectivity index (χ0n) is 16.7. The SMILES string of the molecule is CCNC(=NCc1ccc(C(F)(F)F)cc1)NCc1ccc(S(=O)(=O)N(C)C)s1.I. The number of benzene rings is 1. The van der Waals surface area contributed by atoms with Crippen molar-refractivity contribution in [3.8, 4) is 0 Å². The molecule has 0 fully saturated rings. The minimum atomic E-state index is -4.36. The van der Waals surface area contributed by atoms with Crippen molar-refractivity contribution in [2.75, 3.05) is 20.6 Å². The first-order valence-corrected chi connectivity index (χ1v) is 11.0. The van der Waals surface area contributed by atoms with Gasteiger partial charge in [0.15, 0.2) is 5.96 Å². The Hall–Kier alpha value is -1.38. The summed E-state index contributed by atoms with van der Waals surface area (Å²) < 4.78 is 63.6. The second-order valence-electron chi connectivity index (χ2n) is 6.25. The van der Waals surface area contributed by atoms with Crippen LogP contribution in [0.2, 0.25) is 0 Å². The number of aliphatic imine (C=N–C) groups is 1. The Morgan fingerprint density at radius 1 is 1.10 bits per heavy atom. The van der Waals surface area contributed by atoms with Gasteiger partial charge < -0.3 is 10.6 Å². The molecule has 0 saturated carbocycles. The average Bonchev–Trinajstić information content (AvgIpc) is 3.13. The molecule has 30 heavy (non-hydrogen) atoms. The second-order valence-corrected chi connectivity index (χ2v) is 9.80. The van der Waals surface area contributed by atoms with Crippen LogP contribution >= 0.6 is 35.3 Å². The molecule has 6 nitrogen and oxygen atoms in total. The van der Waals surface area contributed by atoms with Gasteiger partial charge in [0.05, 0.1) is 18.7 Å². The first-order valence-electron chi connectivity index (χ1n) is 8.73. The summed E-state index contributed by atoms with van der Waals surface area (Å²) in [5, 5.41) is 6.15. The molecule has 168 valence electrons. The van der Waals surface area contributed by atoms with E-state index in [0.29, 0.717) is 24.6 Å². The number of sulfonamides is 1. The number of thiophene rings is 1. The summed E-state index contributed by atoms with van der Waals surface area (Å²) in [5.74, 6) is 0.484. The van der Waals surface area contributed by atoms with Gasteiger partial charge in [0.25, 0.3) is 10.0 Å². The third-order valence-electron chi connectivity index (χ3n) is 3.85. The van der Waals surface area contributed by atoms with Crippen molar-refractivity contribution in [1.82, 2.24) is 14.9 Å². The number of hydrogen-bond donors (Lipinski definition) is 2. The first kappa shape index (κ1) is 26.7. The van der Waals surface area contributed by atoms with Crippen LogP contribution in [0.3, 0.4) is 0 Å². The second kappa shape index (κ2) is 11.3. The van der Waals surface area contributed by atoms with Gasteiger partial charge in [0.2, 0.25) is 0 Å². The highest BCUT2D eigenvalue weighted by Crippen LogP contribution is 2.29. The summed E-state index contributed by atoms with van der Waals surface area (Å²) in [6.07, 6.45) is -4.36. The predicted octanol–water partition coefficient (Wildman–Crippen LogP) is 3.89. The normalized spacial score (nSPS) is 12.6. The molecule has 0 amide bonds. The first-order chi connectivity index (χ1) is 13.5. The standard InChI is InChI=1S/C18H23F3N4O2S2.HI/c1-4-22-17(23-11-13-5-7-14(8-6-13)18(19,20)21)24-12-15-9-10-16(28-15)29(26,27)25(2)3;/h5-10H,4,11-12H2,1-3H3,(H2,22,23,24);1H. The monoisotopic (exact) mass is 576 g/mol. The molecule has 0 radical (unpaired) electrons. The lowest BCUT2D eigenvalue weighted by Crippen LogP contribution is -2.36. The Labute approximate surface area is 195 Å². The van der Waals surface area contributed by atoms with E-state index in [0.717, 1.165) is 21.3 Å². The Kier molecular flexibility index (Phi) is 10.0. The van der Waals surface area contributed by atoms with Gasteiger partial charge in [-0.2, -0.15) is 13.2 Å². The lowest BCUT2D eigenvalue weighted by molar-refractivity contribution is -0.137. The van der Waals surface area contributed by atoms with Crippen LogP contribution in [0.4, 0.5) is 13.2 Å². The van der Waals surface area contributed by atoms with Crippen LogP contribution in [-0.2, 0) is 29.3 Å². The topological polar surface area (TPSA) is 73.8 Å². The van der Waals surface area contributed by atoms with Crippen LogP contribution in [-0.4, -0.2) is 39.3 Å². The number of guanidine groups is 1. The maximum absolute atomic E-state index is 12.6. The largest absolute Gasteiger partial charge is 0.416 e. The molecule has 0 saturated heterocycles. The molecule has 1 heterocycles. The molecule has 0 aliphatic carbocycles. The van der Waals surface area contributed by atoms with Crippen molar-refractivity contribution in [2.45, 2.75) is 30.4 Å². The quantitative estimate of drug-likeness (QED) is 0.298. The van der Waals surface area contributed by atoms with Crippen LogP contribution in [0, 0.1) is 0 Å². The smallest absolute Gasteiger partial charge is 0.357 e. The van der Waals surface area contributed by atoms with Crippen molar-refractivity contribution >= 4 is 51.3 Å². The molecule has 0 bridgehead atoms. The van der Waals surface area contributed by atoms with E-state index < -0.39 is 21.8 Å². The highest BCUT2D eigenvalue weighted by atomic mass is 127. The molecule has 0 unspecified atom stereocenters. The Morgan fingerprint density at radius 3 is 2.27 bits per heavy atom. The van der Waals surface area contributed by atoms with Crippen molar-refractivity contribution < 1.29 is 21.6 Å². The highest BCUT2D eigenvalue weighted by Gasteiger charge is 2.29. The molecule has 2 rings (SSSR count). The fourth-order valence-corrected chi connectivity index (χ4v) is 4.72. The van der Waals surface area contributed by atoms with Crippen molar-refractivity contribution in [2.24, 2.45) is 4.99 Å². The summed E-state index contributed by atoms with van der Waals surface area (Å²) in [7, 11) is -0.514. The third-order valence-corrected chi connectivity index (χ3v) is 7.21. The summed E-state index contributed by atoms with van der Waals surface area (Å²) >= 11 is 1.17. The van der Waals surface area contributed by atoms with Crippen LogP contribution in [0.1, 0.15) is 22.9 Å². The van der Waals surface area contributed by atoms with Gasteiger partial charge in [-0.25, -0.2) is 17.7 Å². The van der Waals surface area contributed by atoms with Gasteiger partial charge in [-0.1, -0.05) is 12.1 Å². The molecular formula is C18H24F3IN4O2S2. The minimum Gasteiger partial charge on any atom is -0.357 e. The fraction of sp³-hybridized carbons (Fsp3) is 0.389. The number of nitrogens with zero attached hydrogens (tertiary/aromatic N) is 2. The van der Waals surface area contributed by atoms with E-state index in [2.05, 4.69) is 15.6 Å². The lowest BCUT2D eigenvalue weighted by Gasteiger charge is -2.11. The average molecular weight is 576 g/mol. The van der Waals surface area contributed by atoms with Gasteiger partial charge in [0, 0.05) is 25.5 Å². The lowest BCUT2D eigenvalue weighted by atomic mass is 10.1. The molecule has 0 aliphatic heterocycles. The number of hydrogen-bond acceptors (Lipinski definition) is 4. The van der Waals surface area contributed by atoms with E-state index in [4.69, 9.17) is 0 Å².